The molecule has 0 unspecified atom stereocenters. The molecule has 0 aromatic rings. The molecular formula is C14H37O7Si2+. The average molecular weight is 374 g/mol. The van der Waals surface area contributed by atoms with Crippen molar-refractivity contribution in [1.29, 1.82) is 0 Å². The topological polar surface area (TPSA) is 64.6 Å². The molecule has 0 saturated carbocycles. The smallest absolute Gasteiger partial charge is 0.376 e. The molecule has 0 fully saturated rings. The largest absolute Gasteiger partial charge is 1.00 e. The van der Waals surface area contributed by atoms with Crippen LogP contribution in [0.5, 0.6) is 0 Å². The van der Waals surface area contributed by atoms with Gasteiger partial charge in [0, 0.05) is 46.2 Å². The Bertz CT molecular complexity index is 197. The van der Waals surface area contributed by atoms with Crippen molar-refractivity contribution < 1.29 is 32.4 Å². The van der Waals surface area contributed by atoms with Gasteiger partial charge in [-0.15, -0.1) is 0 Å². The van der Waals surface area contributed by atoms with Crippen LogP contribution in [-0.4, -0.2) is 64.8 Å². The summed E-state index contributed by atoms with van der Waals surface area (Å²) in [6.45, 7) is 17.7. The van der Waals surface area contributed by atoms with Crippen LogP contribution in [0.1, 0.15) is 49.9 Å². The summed E-state index contributed by atoms with van der Waals surface area (Å²) in [5, 5.41) is 0. The minimum Gasteiger partial charge on any atom is -0.376 e. The van der Waals surface area contributed by atoms with E-state index in [2.05, 4.69) is 0 Å². The van der Waals surface area contributed by atoms with Gasteiger partial charge in [-0.05, 0) is 48.5 Å². The highest BCUT2D eigenvalue weighted by molar-refractivity contribution is 6.53. The Kier molecular flexibility index (Phi) is 20.4. The molecule has 0 spiro atoms. The molecule has 0 aliphatic carbocycles. The summed E-state index contributed by atoms with van der Waals surface area (Å²) in [7, 11) is -4.53. The van der Waals surface area contributed by atoms with Crippen molar-refractivity contribution in [2.24, 2.45) is 0 Å². The van der Waals surface area contributed by atoms with Gasteiger partial charge in [0.05, 0.1) is 0 Å². The fourth-order valence-corrected chi connectivity index (χ4v) is 4.53. The van der Waals surface area contributed by atoms with Crippen LogP contribution in [0.3, 0.4) is 0 Å². The van der Waals surface area contributed by atoms with Crippen LogP contribution in [0, 0.1) is 0 Å². The van der Waals surface area contributed by atoms with Crippen molar-refractivity contribution in [2.75, 3.05) is 46.2 Å². The molecule has 0 aliphatic rings. The highest BCUT2D eigenvalue weighted by Gasteiger charge is 2.44. The molecule has 0 aromatic heterocycles. The summed E-state index contributed by atoms with van der Waals surface area (Å²) >= 11 is 0. The third-order valence-electron chi connectivity index (χ3n) is 2.19. The summed E-state index contributed by atoms with van der Waals surface area (Å²) in [5.41, 5.74) is 0. The van der Waals surface area contributed by atoms with Crippen molar-refractivity contribution in [3.63, 3.8) is 0 Å². The van der Waals surface area contributed by atoms with E-state index >= 15 is 0 Å². The highest BCUT2D eigenvalue weighted by atomic mass is 28.4. The SMILES string of the molecule is CCO[SiH](OCC)OCC.CCO[Si](OCC)(OCC)OCC.[H+]. The molecule has 9 heteroatoms. The number of rotatable bonds is 14. The van der Waals surface area contributed by atoms with E-state index in [4.69, 9.17) is 31.0 Å². The van der Waals surface area contributed by atoms with Crippen molar-refractivity contribution in [3.05, 3.63) is 0 Å². The molecule has 142 valence electrons. The summed E-state index contributed by atoms with van der Waals surface area (Å²) in [6.07, 6.45) is 0. The molecule has 7 nitrogen and oxygen atoms in total. The molecule has 23 heavy (non-hydrogen) atoms. The summed E-state index contributed by atoms with van der Waals surface area (Å²) in [6, 6.07) is 0. The van der Waals surface area contributed by atoms with E-state index < -0.39 is 18.6 Å². The molecule has 0 N–H and O–H groups in total. The number of hydrogen-bond acceptors (Lipinski definition) is 7. The first-order chi connectivity index (χ1) is 11.1. The maximum absolute atomic E-state index is 5.42. The van der Waals surface area contributed by atoms with Gasteiger partial charge >= 0.3 is 20.0 Å². The Labute approximate surface area is 146 Å². The second kappa shape index (κ2) is 18.5. The third kappa shape index (κ3) is 14.2. The first-order valence-corrected chi connectivity index (χ1v) is 11.5. The quantitative estimate of drug-likeness (QED) is 0.433. The van der Waals surface area contributed by atoms with Crippen LogP contribution >= 0.6 is 0 Å². The summed E-state index contributed by atoms with van der Waals surface area (Å²) in [4.78, 5) is 0. The van der Waals surface area contributed by atoms with Gasteiger partial charge in [0.1, 0.15) is 0 Å². The molecule has 0 radical (unpaired) electrons. The van der Waals surface area contributed by atoms with Gasteiger partial charge in [0.15, 0.2) is 0 Å². The van der Waals surface area contributed by atoms with Gasteiger partial charge in [-0.1, -0.05) is 0 Å². The Hall–Kier alpha value is 0.154. The standard InChI is InChI=1S/C8H20O4Si.C6H16O3Si/c1-5-9-13(10-6-2,11-7-3)12-8-4;1-4-7-10(8-5-2)9-6-3/h5-8H2,1-4H3;10H,4-6H2,1-3H3/p+1. The van der Waals surface area contributed by atoms with Crippen LogP contribution < -0.4 is 0 Å². The molecule has 0 rings (SSSR count). The Morgan fingerprint density at radius 2 is 0.783 bits per heavy atom. The van der Waals surface area contributed by atoms with Crippen molar-refractivity contribution in [3.8, 4) is 0 Å². The lowest BCUT2D eigenvalue weighted by Crippen LogP contribution is -2.49. The van der Waals surface area contributed by atoms with Gasteiger partial charge in [-0.3, -0.25) is 0 Å². The number of hydrogen-bond donors (Lipinski definition) is 0. The molecule has 0 bridgehead atoms. The minimum absolute atomic E-state index is 0. The molecule has 0 atom stereocenters. The monoisotopic (exact) mass is 373 g/mol. The molecule has 0 heterocycles. The molecule has 0 saturated heterocycles. The third-order valence-corrected chi connectivity index (χ3v) is 6.58. The zero-order valence-corrected chi connectivity index (χ0v) is 18.0. The van der Waals surface area contributed by atoms with Crippen molar-refractivity contribution in [2.45, 2.75) is 48.5 Å². The summed E-state index contributed by atoms with van der Waals surface area (Å²) in [5.74, 6) is 0. The Morgan fingerprint density at radius 3 is 0.957 bits per heavy atom. The van der Waals surface area contributed by atoms with Gasteiger partial charge in [-0.25, -0.2) is 0 Å². The van der Waals surface area contributed by atoms with E-state index in [1.807, 2.05) is 48.5 Å². The lowest BCUT2D eigenvalue weighted by molar-refractivity contribution is -0.0247. The van der Waals surface area contributed by atoms with E-state index in [0.717, 1.165) is 0 Å². The fraction of sp³-hybridized carbons (Fsp3) is 1.00. The fourth-order valence-electron chi connectivity index (χ4n) is 1.51. The average Bonchev–Trinajstić information content (AvgIpc) is 2.50. The van der Waals surface area contributed by atoms with Crippen LogP contribution in [0.2, 0.25) is 0 Å². The van der Waals surface area contributed by atoms with E-state index in [1.165, 1.54) is 0 Å². The molecule has 0 aliphatic heterocycles. The maximum Gasteiger partial charge on any atom is 1.00 e. The van der Waals surface area contributed by atoms with Gasteiger partial charge in [0.25, 0.3) is 0 Å². The van der Waals surface area contributed by atoms with Crippen LogP contribution in [0.25, 0.3) is 0 Å². The van der Waals surface area contributed by atoms with E-state index in [1.54, 1.807) is 0 Å². The normalized spacial score (nSPS) is 11.5. The van der Waals surface area contributed by atoms with Crippen LogP contribution in [-0.2, 0) is 31.0 Å². The van der Waals surface area contributed by atoms with Gasteiger partial charge < -0.3 is 31.0 Å². The Morgan fingerprint density at radius 1 is 0.522 bits per heavy atom. The lowest BCUT2D eigenvalue weighted by atomic mass is 10.9. The van der Waals surface area contributed by atoms with Gasteiger partial charge in [0.2, 0.25) is 0 Å². The predicted molar refractivity (Wildman–Crippen MR) is 95.4 cm³/mol. The zero-order valence-electron chi connectivity index (χ0n) is 16.9. The Balaban J connectivity index is -0.000000364. The van der Waals surface area contributed by atoms with Crippen LogP contribution in [0.4, 0.5) is 0 Å². The molecule has 0 aromatic carbocycles. The van der Waals surface area contributed by atoms with E-state index in [9.17, 15) is 0 Å². The first-order valence-electron chi connectivity index (χ1n) is 8.49. The summed E-state index contributed by atoms with van der Waals surface area (Å²) < 4.78 is 37.3. The van der Waals surface area contributed by atoms with E-state index in [-0.39, 0.29) is 1.43 Å². The maximum atomic E-state index is 5.42. The molecule has 0 amide bonds. The van der Waals surface area contributed by atoms with Crippen molar-refractivity contribution in [1.82, 2.24) is 0 Å². The first kappa shape index (κ1) is 25.4. The second-order valence-electron chi connectivity index (χ2n) is 3.89. The lowest BCUT2D eigenvalue weighted by Gasteiger charge is -2.26. The van der Waals surface area contributed by atoms with Crippen LogP contribution in [0.15, 0.2) is 0 Å². The molecular weight excluding hydrogens is 336 g/mol. The minimum atomic E-state index is -2.80. The van der Waals surface area contributed by atoms with E-state index in [0.29, 0.717) is 46.2 Å². The van der Waals surface area contributed by atoms with Crippen molar-refractivity contribution >= 4 is 18.6 Å². The highest BCUT2D eigenvalue weighted by Crippen LogP contribution is 2.11. The second-order valence-corrected chi connectivity index (χ2v) is 7.62. The zero-order chi connectivity index (χ0) is 18.0. The predicted octanol–water partition coefficient (Wildman–Crippen LogP) is 2.49. The van der Waals surface area contributed by atoms with Gasteiger partial charge in [-0.2, -0.15) is 0 Å².